The van der Waals surface area contributed by atoms with Crippen LogP contribution in [0.25, 0.3) is 11.0 Å². The summed E-state index contributed by atoms with van der Waals surface area (Å²) in [5.41, 5.74) is 2.17. The fraction of sp³-hybridized carbons (Fsp3) is 0.500. The van der Waals surface area contributed by atoms with E-state index in [1.807, 2.05) is 17.1 Å². The van der Waals surface area contributed by atoms with E-state index < -0.39 is 0 Å². The van der Waals surface area contributed by atoms with Crippen molar-refractivity contribution in [2.75, 3.05) is 6.54 Å². The summed E-state index contributed by atoms with van der Waals surface area (Å²) in [6.45, 7) is 8.17. The summed E-state index contributed by atoms with van der Waals surface area (Å²) in [6.07, 6.45) is 3.81. The first kappa shape index (κ1) is 11.1. The molecule has 86 valence electrons. The van der Waals surface area contributed by atoms with Crippen molar-refractivity contribution >= 4 is 11.0 Å². The summed E-state index contributed by atoms with van der Waals surface area (Å²) < 4.78 is 1.95. The molecule has 2 rings (SSSR count). The molecule has 2 heterocycles. The van der Waals surface area contributed by atoms with Crippen LogP contribution in [-0.2, 0) is 6.54 Å². The van der Waals surface area contributed by atoms with Gasteiger partial charge in [0.2, 0.25) is 0 Å². The molecule has 0 aliphatic rings. The zero-order chi connectivity index (χ0) is 11.5. The molecule has 0 saturated heterocycles. The van der Waals surface area contributed by atoms with Gasteiger partial charge in [-0.15, -0.1) is 0 Å². The molecule has 0 aliphatic carbocycles. The van der Waals surface area contributed by atoms with Crippen molar-refractivity contribution < 1.29 is 0 Å². The summed E-state index contributed by atoms with van der Waals surface area (Å²) in [6, 6.07) is 2.50. The largest absolute Gasteiger partial charge is 0.313 e. The zero-order valence-corrected chi connectivity index (χ0v) is 10.1. The number of nitrogens with one attached hydrogen (secondary N) is 1. The first-order valence-corrected chi connectivity index (χ1v) is 5.75. The molecule has 4 nitrogen and oxygen atoms in total. The quantitative estimate of drug-likeness (QED) is 0.854. The lowest BCUT2D eigenvalue weighted by Gasteiger charge is -2.06. The molecule has 16 heavy (non-hydrogen) atoms. The number of aromatic nitrogens is 3. The van der Waals surface area contributed by atoms with Crippen LogP contribution in [0.5, 0.6) is 0 Å². The highest BCUT2D eigenvalue weighted by Crippen LogP contribution is 2.16. The molecule has 4 heteroatoms. The van der Waals surface area contributed by atoms with Crippen LogP contribution in [0.2, 0.25) is 0 Å². The third-order valence-corrected chi connectivity index (χ3v) is 2.56. The Bertz CT molecular complexity index is 473. The van der Waals surface area contributed by atoms with Crippen LogP contribution in [0.3, 0.4) is 0 Å². The number of nitrogens with zero attached hydrogens (tertiary/aromatic N) is 3. The van der Waals surface area contributed by atoms with Gasteiger partial charge in [0.05, 0.1) is 6.20 Å². The highest BCUT2D eigenvalue weighted by Gasteiger charge is 2.07. The lowest BCUT2D eigenvalue weighted by molar-refractivity contribution is 0.546. The molecule has 0 aliphatic heterocycles. The maximum atomic E-state index is 4.48. The van der Waals surface area contributed by atoms with Gasteiger partial charge in [-0.2, -0.15) is 5.10 Å². The highest BCUT2D eigenvalue weighted by molar-refractivity contribution is 5.75. The van der Waals surface area contributed by atoms with Crippen LogP contribution in [-0.4, -0.2) is 21.3 Å². The van der Waals surface area contributed by atoms with Gasteiger partial charge >= 0.3 is 0 Å². The van der Waals surface area contributed by atoms with E-state index in [1.54, 1.807) is 0 Å². The Morgan fingerprint density at radius 1 is 1.38 bits per heavy atom. The van der Waals surface area contributed by atoms with Crippen molar-refractivity contribution in [3.05, 3.63) is 24.0 Å². The average molecular weight is 218 g/mol. The molecule has 0 radical (unpaired) electrons. The van der Waals surface area contributed by atoms with Gasteiger partial charge in [-0.3, -0.25) is 0 Å². The van der Waals surface area contributed by atoms with Gasteiger partial charge in [0, 0.05) is 24.2 Å². The van der Waals surface area contributed by atoms with E-state index in [-0.39, 0.29) is 0 Å². The fourth-order valence-corrected chi connectivity index (χ4v) is 1.73. The van der Waals surface area contributed by atoms with E-state index in [4.69, 9.17) is 0 Å². The molecule has 0 bridgehead atoms. The molecule has 0 saturated carbocycles. The Kier molecular flexibility index (Phi) is 3.19. The van der Waals surface area contributed by atoms with E-state index in [0.717, 1.165) is 24.1 Å². The molecular formula is C12H18N4. The van der Waals surface area contributed by atoms with Crippen molar-refractivity contribution in [3.8, 4) is 0 Å². The summed E-state index contributed by atoms with van der Waals surface area (Å²) in [7, 11) is 0. The van der Waals surface area contributed by atoms with Crippen LogP contribution in [0, 0.1) is 0 Å². The number of pyridine rings is 1. The van der Waals surface area contributed by atoms with Crippen LogP contribution in [0.15, 0.2) is 18.5 Å². The summed E-state index contributed by atoms with van der Waals surface area (Å²) in [5, 5.41) is 8.76. The Morgan fingerprint density at radius 3 is 2.88 bits per heavy atom. The maximum Gasteiger partial charge on any atom is 0.157 e. The predicted molar refractivity (Wildman–Crippen MR) is 65.3 cm³/mol. The molecular weight excluding hydrogens is 200 g/mol. The topological polar surface area (TPSA) is 42.7 Å². The lowest BCUT2D eigenvalue weighted by Crippen LogP contribution is -2.12. The molecule has 0 atom stereocenters. The van der Waals surface area contributed by atoms with E-state index in [0.29, 0.717) is 6.04 Å². The van der Waals surface area contributed by atoms with Crippen molar-refractivity contribution in [3.63, 3.8) is 0 Å². The van der Waals surface area contributed by atoms with Gasteiger partial charge in [0.1, 0.15) is 0 Å². The van der Waals surface area contributed by atoms with E-state index >= 15 is 0 Å². The van der Waals surface area contributed by atoms with Gasteiger partial charge in [-0.05, 0) is 32.0 Å². The van der Waals surface area contributed by atoms with Crippen molar-refractivity contribution in [1.82, 2.24) is 20.1 Å². The monoisotopic (exact) mass is 218 g/mol. The van der Waals surface area contributed by atoms with Gasteiger partial charge in [0.25, 0.3) is 0 Å². The number of rotatable bonds is 4. The Balaban J connectivity index is 2.33. The molecule has 0 unspecified atom stereocenters. The van der Waals surface area contributed by atoms with Gasteiger partial charge in [0.15, 0.2) is 5.65 Å². The Labute approximate surface area is 95.7 Å². The molecule has 0 aromatic carbocycles. The first-order chi connectivity index (χ1) is 7.72. The summed E-state index contributed by atoms with van der Waals surface area (Å²) >= 11 is 0. The maximum absolute atomic E-state index is 4.48. The van der Waals surface area contributed by atoms with Crippen molar-refractivity contribution in [1.29, 1.82) is 0 Å². The standard InChI is InChI=1S/C12H18N4/c1-4-13-6-10-5-11-8-15-16(9(2)3)12(11)14-7-10/h5,7-9,13H,4,6H2,1-3H3. The smallest absolute Gasteiger partial charge is 0.157 e. The molecule has 2 aromatic rings. The second-order valence-electron chi connectivity index (χ2n) is 4.22. The third-order valence-electron chi connectivity index (χ3n) is 2.56. The first-order valence-electron chi connectivity index (χ1n) is 5.75. The molecule has 0 amide bonds. The molecule has 0 spiro atoms. The highest BCUT2D eigenvalue weighted by atomic mass is 15.3. The van der Waals surface area contributed by atoms with Crippen molar-refractivity contribution in [2.24, 2.45) is 0 Å². The SMILES string of the molecule is CCNCc1cnc2c(cnn2C(C)C)c1. The number of hydrogen-bond acceptors (Lipinski definition) is 3. The molecule has 1 N–H and O–H groups in total. The summed E-state index contributed by atoms with van der Waals surface area (Å²) in [4.78, 5) is 4.48. The van der Waals surface area contributed by atoms with Gasteiger partial charge in [-0.25, -0.2) is 9.67 Å². The number of fused-ring (bicyclic) bond motifs is 1. The summed E-state index contributed by atoms with van der Waals surface area (Å²) in [5.74, 6) is 0. The van der Waals surface area contributed by atoms with E-state index in [1.165, 1.54) is 5.56 Å². The fourth-order valence-electron chi connectivity index (χ4n) is 1.73. The Morgan fingerprint density at radius 2 is 2.19 bits per heavy atom. The minimum Gasteiger partial charge on any atom is -0.313 e. The lowest BCUT2D eigenvalue weighted by atomic mass is 10.2. The third kappa shape index (κ3) is 2.07. The predicted octanol–water partition coefficient (Wildman–Crippen LogP) is 2.12. The minimum atomic E-state index is 0.351. The van der Waals surface area contributed by atoms with Crippen LogP contribution >= 0.6 is 0 Å². The Hall–Kier alpha value is -1.42. The second kappa shape index (κ2) is 4.61. The van der Waals surface area contributed by atoms with Crippen LogP contribution in [0.4, 0.5) is 0 Å². The zero-order valence-electron chi connectivity index (χ0n) is 10.1. The van der Waals surface area contributed by atoms with Crippen LogP contribution in [0.1, 0.15) is 32.4 Å². The van der Waals surface area contributed by atoms with E-state index in [9.17, 15) is 0 Å². The minimum absolute atomic E-state index is 0.351. The number of hydrogen-bond donors (Lipinski definition) is 1. The normalized spacial score (nSPS) is 11.5. The van der Waals surface area contributed by atoms with Crippen LogP contribution < -0.4 is 5.32 Å². The average Bonchev–Trinajstić information content (AvgIpc) is 2.69. The van der Waals surface area contributed by atoms with Crippen molar-refractivity contribution in [2.45, 2.75) is 33.4 Å². The second-order valence-corrected chi connectivity index (χ2v) is 4.22. The van der Waals surface area contributed by atoms with E-state index in [2.05, 4.69) is 42.2 Å². The van der Waals surface area contributed by atoms with Gasteiger partial charge in [-0.1, -0.05) is 6.92 Å². The van der Waals surface area contributed by atoms with Gasteiger partial charge < -0.3 is 5.32 Å². The molecule has 2 aromatic heterocycles. The molecule has 0 fully saturated rings.